The number of nitrogens with one attached hydrogen (secondary N) is 1. The molecule has 0 bridgehead atoms. The minimum atomic E-state index is -0.155. The highest BCUT2D eigenvalue weighted by Crippen LogP contribution is 2.52. The second-order valence-electron chi connectivity index (χ2n) is 11.2. The van der Waals surface area contributed by atoms with Crippen molar-refractivity contribution < 1.29 is 9.47 Å². The standard InChI is InChI=1S/C26H48N6O2S/c1-4-19-34-24(6-1)25(28-15-20-33-21-16-28)7-5-12-32(31-10-2-3-11-31)26(25,29-13-8-27-9-14-29)30-17-22-35-23-18-30/h24,27H,1-23H2. The van der Waals surface area contributed by atoms with E-state index in [4.69, 9.17) is 9.47 Å². The van der Waals surface area contributed by atoms with E-state index in [1.165, 1.54) is 89.2 Å². The Kier molecular flexibility index (Phi) is 8.26. The third kappa shape index (κ3) is 4.40. The zero-order valence-electron chi connectivity index (χ0n) is 21.8. The van der Waals surface area contributed by atoms with Crippen molar-refractivity contribution in [2.24, 2.45) is 0 Å². The summed E-state index contributed by atoms with van der Waals surface area (Å²) in [5.41, 5.74) is -0.0443. The van der Waals surface area contributed by atoms with E-state index >= 15 is 0 Å². The lowest BCUT2D eigenvalue weighted by atomic mass is 9.70. The van der Waals surface area contributed by atoms with Crippen molar-refractivity contribution in [1.82, 2.24) is 30.0 Å². The lowest BCUT2D eigenvalue weighted by molar-refractivity contribution is -0.343. The molecule has 35 heavy (non-hydrogen) atoms. The maximum absolute atomic E-state index is 6.92. The van der Waals surface area contributed by atoms with Crippen molar-refractivity contribution in [3.05, 3.63) is 0 Å². The van der Waals surface area contributed by atoms with Gasteiger partial charge in [0, 0.05) is 90.1 Å². The van der Waals surface area contributed by atoms with Crippen LogP contribution in [0.25, 0.3) is 0 Å². The molecule has 0 amide bonds. The summed E-state index contributed by atoms with van der Waals surface area (Å²) in [6.07, 6.45) is 9.13. The highest BCUT2D eigenvalue weighted by molar-refractivity contribution is 7.99. The largest absolute Gasteiger partial charge is 0.379 e. The maximum Gasteiger partial charge on any atom is 0.165 e. The van der Waals surface area contributed by atoms with Crippen LogP contribution in [-0.2, 0) is 9.47 Å². The van der Waals surface area contributed by atoms with Crippen molar-refractivity contribution in [1.29, 1.82) is 0 Å². The van der Waals surface area contributed by atoms with Crippen molar-refractivity contribution in [3.8, 4) is 0 Å². The summed E-state index contributed by atoms with van der Waals surface area (Å²) in [6, 6.07) is 0. The Bertz CT molecular complexity index is 635. The third-order valence-electron chi connectivity index (χ3n) is 9.59. The number of piperazine rings is 1. The van der Waals surface area contributed by atoms with Crippen LogP contribution in [-0.4, -0.2) is 145 Å². The molecule has 0 spiro atoms. The van der Waals surface area contributed by atoms with Gasteiger partial charge in [0.1, 0.15) is 0 Å². The first-order valence-electron chi connectivity index (χ1n) is 14.6. The van der Waals surface area contributed by atoms with Crippen LogP contribution < -0.4 is 5.32 Å². The van der Waals surface area contributed by atoms with Gasteiger partial charge in [-0.2, -0.15) is 11.8 Å². The summed E-state index contributed by atoms with van der Waals surface area (Å²) in [7, 11) is 0. The van der Waals surface area contributed by atoms with E-state index in [0.717, 1.165) is 59.1 Å². The van der Waals surface area contributed by atoms with Gasteiger partial charge in [-0.25, -0.2) is 10.0 Å². The van der Waals surface area contributed by atoms with Gasteiger partial charge in [0.05, 0.1) is 24.9 Å². The Balaban J connectivity index is 1.55. The molecule has 0 radical (unpaired) electrons. The quantitative estimate of drug-likeness (QED) is 0.593. The first-order chi connectivity index (χ1) is 17.4. The van der Waals surface area contributed by atoms with E-state index < -0.39 is 0 Å². The number of hydrogen-bond donors (Lipinski definition) is 1. The summed E-state index contributed by atoms with van der Waals surface area (Å²) in [5, 5.41) is 9.39. The fourth-order valence-corrected chi connectivity index (χ4v) is 9.19. The van der Waals surface area contributed by atoms with Crippen molar-refractivity contribution in [2.75, 3.05) is 103 Å². The molecule has 3 unspecified atom stereocenters. The predicted octanol–water partition coefficient (Wildman–Crippen LogP) is 1.34. The zero-order chi connectivity index (χ0) is 23.6. The van der Waals surface area contributed by atoms with Gasteiger partial charge in [-0.1, -0.05) is 0 Å². The second-order valence-corrected chi connectivity index (χ2v) is 12.5. The summed E-state index contributed by atoms with van der Waals surface area (Å²) >= 11 is 2.14. The molecule has 0 aromatic carbocycles. The Morgan fingerprint density at radius 1 is 0.686 bits per heavy atom. The molecule has 6 heterocycles. The molecule has 6 saturated heterocycles. The van der Waals surface area contributed by atoms with Crippen LogP contribution in [0, 0.1) is 0 Å². The Morgan fingerprint density at radius 2 is 1.43 bits per heavy atom. The molecule has 0 aliphatic carbocycles. The third-order valence-corrected chi connectivity index (χ3v) is 10.5. The van der Waals surface area contributed by atoms with Gasteiger partial charge < -0.3 is 14.8 Å². The van der Waals surface area contributed by atoms with Gasteiger partial charge in [-0.3, -0.25) is 14.7 Å². The molecule has 0 aromatic heterocycles. The summed E-state index contributed by atoms with van der Waals surface area (Å²) in [4.78, 5) is 8.78. The molecule has 3 atom stereocenters. The van der Waals surface area contributed by atoms with Gasteiger partial charge >= 0.3 is 0 Å². The lowest BCUT2D eigenvalue weighted by Gasteiger charge is -2.72. The van der Waals surface area contributed by atoms with Crippen molar-refractivity contribution >= 4 is 11.8 Å². The van der Waals surface area contributed by atoms with Gasteiger partial charge in [-0.05, 0) is 44.9 Å². The summed E-state index contributed by atoms with van der Waals surface area (Å²) in [6.45, 7) is 15.1. The number of piperidine rings is 1. The van der Waals surface area contributed by atoms with Gasteiger partial charge in [-0.15, -0.1) is 0 Å². The fraction of sp³-hybridized carbons (Fsp3) is 1.00. The van der Waals surface area contributed by atoms with E-state index in [1.807, 2.05) is 0 Å². The molecule has 6 aliphatic rings. The minimum Gasteiger partial charge on any atom is -0.379 e. The summed E-state index contributed by atoms with van der Waals surface area (Å²) in [5.74, 6) is 2.33. The topological polar surface area (TPSA) is 46.7 Å². The van der Waals surface area contributed by atoms with Gasteiger partial charge in [0.15, 0.2) is 5.79 Å². The van der Waals surface area contributed by atoms with Crippen LogP contribution in [0.3, 0.4) is 0 Å². The molecule has 8 nitrogen and oxygen atoms in total. The molecule has 200 valence electrons. The molecule has 6 rings (SSSR count). The normalized spacial score (nSPS) is 40.3. The van der Waals surface area contributed by atoms with Crippen LogP contribution in [0.4, 0.5) is 0 Å². The average Bonchev–Trinajstić information content (AvgIpc) is 3.49. The van der Waals surface area contributed by atoms with Crippen LogP contribution in [0.2, 0.25) is 0 Å². The molecule has 0 saturated carbocycles. The van der Waals surface area contributed by atoms with Crippen molar-refractivity contribution in [3.63, 3.8) is 0 Å². The number of rotatable bonds is 5. The number of morpholine rings is 1. The molecular formula is C26H48N6O2S. The SMILES string of the molecule is C1CCC(C2(N3CCOCC3)CCCN(N3CCCC3)C2(N2CCNCC2)N2CCSCC2)OC1. The highest BCUT2D eigenvalue weighted by Gasteiger charge is 2.69. The summed E-state index contributed by atoms with van der Waals surface area (Å²) < 4.78 is 12.9. The van der Waals surface area contributed by atoms with Crippen LogP contribution in [0.1, 0.15) is 44.9 Å². The molecule has 6 fully saturated rings. The van der Waals surface area contributed by atoms with Crippen LogP contribution >= 0.6 is 11.8 Å². The molecule has 0 aromatic rings. The molecule has 9 heteroatoms. The monoisotopic (exact) mass is 508 g/mol. The predicted molar refractivity (Wildman–Crippen MR) is 142 cm³/mol. The second kappa shape index (κ2) is 11.4. The number of ether oxygens (including phenoxy) is 2. The van der Waals surface area contributed by atoms with E-state index in [9.17, 15) is 0 Å². The fourth-order valence-electron chi connectivity index (χ4n) is 8.28. The zero-order valence-corrected chi connectivity index (χ0v) is 22.6. The van der Waals surface area contributed by atoms with Crippen LogP contribution in [0.5, 0.6) is 0 Å². The van der Waals surface area contributed by atoms with E-state index in [-0.39, 0.29) is 17.4 Å². The molecular weight excluding hydrogens is 460 g/mol. The van der Waals surface area contributed by atoms with Crippen molar-refractivity contribution in [2.45, 2.75) is 62.4 Å². The number of thioether (sulfide) groups is 1. The van der Waals surface area contributed by atoms with E-state index in [0.29, 0.717) is 0 Å². The number of hydrazine groups is 1. The van der Waals surface area contributed by atoms with E-state index in [1.54, 1.807) is 0 Å². The molecule has 1 N–H and O–H groups in total. The number of nitrogens with zero attached hydrogens (tertiary/aromatic N) is 5. The van der Waals surface area contributed by atoms with E-state index in [2.05, 4.69) is 41.8 Å². The smallest absolute Gasteiger partial charge is 0.165 e. The minimum absolute atomic E-state index is 0.0443. The first-order valence-corrected chi connectivity index (χ1v) is 15.8. The van der Waals surface area contributed by atoms with Gasteiger partial charge in [0.25, 0.3) is 0 Å². The van der Waals surface area contributed by atoms with Crippen LogP contribution in [0.15, 0.2) is 0 Å². The first kappa shape index (κ1) is 25.3. The highest BCUT2D eigenvalue weighted by atomic mass is 32.2. The maximum atomic E-state index is 6.92. The number of hydrogen-bond acceptors (Lipinski definition) is 9. The average molecular weight is 509 g/mol. The Hall–Kier alpha value is 0.0300. The Morgan fingerprint density at radius 3 is 2.14 bits per heavy atom. The Labute approximate surface area is 216 Å². The molecule has 6 aliphatic heterocycles. The lowest BCUT2D eigenvalue weighted by Crippen LogP contribution is -2.91. The van der Waals surface area contributed by atoms with Gasteiger partial charge in [0.2, 0.25) is 0 Å².